The first-order chi connectivity index (χ1) is 12.4. The van der Waals surface area contributed by atoms with Gasteiger partial charge in [-0.05, 0) is 23.8 Å². The number of imidazole rings is 1. The predicted molar refractivity (Wildman–Crippen MR) is 101 cm³/mol. The molecule has 0 bridgehead atoms. The Hall–Kier alpha value is -2.15. The summed E-state index contributed by atoms with van der Waals surface area (Å²) < 4.78 is 26.5. The summed E-state index contributed by atoms with van der Waals surface area (Å²) in [7, 11) is -3.85. The molecule has 0 N–H and O–H groups in total. The molecule has 8 heteroatoms. The van der Waals surface area contributed by atoms with Crippen molar-refractivity contribution in [3.05, 3.63) is 82.4 Å². The number of aromatic nitrogens is 2. The summed E-state index contributed by atoms with van der Waals surface area (Å²) in [6.45, 7) is 0.428. The summed E-state index contributed by atoms with van der Waals surface area (Å²) in [4.78, 5) is 16.3. The van der Waals surface area contributed by atoms with Crippen molar-refractivity contribution in [2.75, 3.05) is 5.75 Å². The van der Waals surface area contributed by atoms with Crippen molar-refractivity contribution in [2.24, 2.45) is 0 Å². The molecular weight excluding hydrogens is 395 g/mol. The highest BCUT2D eigenvalue weighted by Crippen LogP contribution is 2.22. The molecule has 0 saturated carbocycles. The Morgan fingerprint density at radius 2 is 1.65 bits per heavy atom. The van der Waals surface area contributed by atoms with E-state index in [0.29, 0.717) is 11.6 Å². The molecule has 0 amide bonds. The summed E-state index contributed by atoms with van der Waals surface area (Å²) in [5.41, 5.74) is 0.946. The van der Waals surface area contributed by atoms with Gasteiger partial charge in [-0.25, -0.2) is 13.4 Å². The van der Waals surface area contributed by atoms with E-state index in [9.17, 15) is 13.2 Å². The molecule has 0 aliphatic rings. The van der Waals surface area contributed by atoms with Crippen molar-refractivity contribution < 1.29 is 13.2 Å². The van der Waals surface area contributed by atoms with Crippen LogP contribution in [0, 0.1) is 0 Å². The minimum absolute atomic E-state index is 0.0643. The highest BCUT2D eigenvalue weighted by Gasteiger charge is 2.24. The molecule has 1 aromatic heterocycles. The Morgan fingerprint density at radius 3 is 2.35 bits per heavy atom. The molecule has 1 heterocycles. The van der Waals surface area contributed by atoms with Gasteiger partial charge in [0.1, 0.15) is 11.4 Å². The van der Waals surface area contributed by atoms with E-state index in [2.05, 4.69) is 4.98 Å². The van der Waals surface area contributed by atoms with Gasteiger partial charge in [0.15, 0.2) is 15.6 Å². The van der Waals surface area contributed by atoms with Crippen LogP contribution in [0.25, 0.3) is 0 Å². The smallest absolute Gasteiger partial charge is 0.198 e. The molecule has 0 radical (unpaired) electrons. The van der Waals surface area contributed by atoms with Gasteiger partial charge >= 0.3 is 0 Å². The fourth-order valence-corrected chi connectivity index (χ4v) is 4.42. The highest BCUT2D eigenvalue weighted by atomic mass is 35.5. The average molecular weight is 409 g/mol. The first kappa shape index (κ1) is 18.6. The Kier molecular flexibility index (Phi) is 5.46. The third-order valence-electron chi connectivity index (χ3n) is 3.72. The van der Waals surface area contributed by atoms with E-state index < -0.39 is 21.4 Å². The molecule has 0 aliphatic carbocycles. The zero-order valence-electron chi connectivity index (χ0n) is 13.5. The van der Waals surface area contributed by atoms with Gasteiger partial charge in [0.2, 0.25) is 0 Å². The van der Waals surface area contributed by atoms with Crippen molar-refractivity contribution >= 4 is 38.8 Å². The van der Waals surface area contributed by atoms with E-state index in [1.165, 1.54) is 24.7 Å². The van der Waals surface area contributed by atoms with Crippen LogP contribution >= 0.6 is 23.2 Å². The molecule has 0 saturated heterocycles. The lowest BCUT2D eigenvalue weighted by Crippen LogP contribution is -2.17. The van der Waals surface area contributed by atoms with Crippen LogP contribution in [0.1, 0.15) is 16.1 Å². The van der Waals surface area contributed by atoms with Gasteiger partial charge in [-0.2, -0.15) is 0 Å². The topological polar surface area (TPSA) is 69.0 Å². The molecule has 0 fully saturated rings. The highest BCUT2D eigenvalue weighted by molar-refractivity contribution is 7.92. The number of Topliss-reactive ketones (excluding diaryl/α,β-unsaturated/α-hetero) is 1. The second kappa shape index (κ2) is 7.61. The lowest BCUT2D eigenvalue weighted by Gasteiger charge is -2.05. The van der Waals surface area contributed by atoms with E-state index in [-0.39, 0.29) is 15.6 Å². The summed E-state index contributed by atoms with van der Waals surface area (Å²) in [6, 6.07) is 13.4. The standard InChI is InChI=1S/C18H14Cl2N2O3S/c19-14-6-2-1-5-13(14)9-22-10-16(21-12-22)17(23)11-26(24,25)18-8-4-3-7-15(18)20/h1-8,10,12H,9,11H2. The molecule has 3 rings (SSSR count). The number of rotatable bonds is 6. The number of nitrogens with zero attached hydrogens (tertiary/aromatic N) is 2. The van der Waals surface area contributed by atoms with Gasteiger partial charge in [-0.3, -0.25) is 4.79 Å². The van der Waals surface area contributed by atoms with Crippen LogP contribution in [0.2, 0.25) is 10.0 Å². The number of halogens is 2. The van der Waals surface area contributed by atoms with Crippen LogP contribution in [0.5, 0.6) is 0 Å². The first-order valence-corrected chi connectivity index (χ1v) is 10.0. The molecule has 3 aromatic rings. The normalized spacial score (nSPS) is 11.5. The van der Waals surface area contributed by atoms with E-state index in [0.717, 1.165) is 5.56 Å². The monoisotopic (exact) mass is 408 g/mol. The quantitative estimate of drug-likeness (QED) is 0.580. The van der Waals surface area contributed by atoms with E-state index >= 15 is 0 Å². The van der Waals surface area contributed by atoms with Gasteiger partial charge in [-0.1, -0.05) is 53.5 Å². The lowest BCUT2D eigenvalue weighted by atomic mass is 10.2. The summed E-state index contributed by atoms with van der Waals surface area (Å²) in [6.07, 6.45) is 2.98. The number of carbonyl (C=O) groups is 1. The van der Waals surface area contributed by atoms with Crippen molar-refractivity contribution in [3.63, 3.8) is 0 Å². The SMILES string of the molecule is O=C(CS(=O)(=O)c1ccccc1Cl)c1cn(Cc2ccccc2Cl)cn1. The Morgan fingerprint density at radius 1 is 1.00 bits per heavy atom. The number of ketones is 1. The number of hydrogen-bond donors (Lipinski definition) is 0. The van der Waals surface area contributed by atoms with Crippen LogP contribution in [0.4, 0.5) is 0 Å². The second-order valence-electron chi connectivity index (χ2n) is 5.64. The van der Waals surface area contributed by atoms with Crippen LogP contribution in [0.3, 0.4) is 0 Å². The number of sulfone groups is 1. The van der Waals surface area contributed by atoms with E-state index in [1.807, 2.05) is 18.2 Å². The van der Waals surface area contributed by atoms with Crippen LogP contribution in [0.15, 0.2) is 66.0 Å². The van der Waals surface area contributed by atoms with Gasteiger partial charge < -0.3 is 4.57 Å². The molecule has 2 aromatic carbocycles. The fourth-order valence-electron chi connectivity index (χ4n) is 2.44. The minimum Gasteiger partial charge on any atom is -0.332 e. The third kappa shape index (κ3) is 4.15. The molecule has 134 valence electrons. The van der Waals surface area contributed by atoms with Crippen LogP contribution in [-0.2, 0) is 16.4 Å². The summed E-state index contributed by atoms with van der Waals surface area (Å²) in [5, 5.41) is 0.694. The molecule has 0 unspecified atom stereocenters. The fraction of sp³-hybridized carbons (Fsp3) is 0.111. The average Bonchev–Trinajstić information content (AvgIpc) is 3.05. The van der Waals surface area contributed by atoms with Gasteiger partial charge in [0.25, 0.3) is 0 Å². The maximum atomic E-state index is 12.4. The largest absolute Gasteiger partial charge is 0.332 e. The van der Waals surface area contributed by atoms with Gasteiger partial charge in [0, 0.05) is 17.8 Å². The first-order valence-electron chi connectivity index (χ1n) is 7.62. The van der Waals surface area contributed by atoms with Crippen LogP contribution in [-0.4, -0.2) is 29.5 Å². The number of benzene rings is 2. The number of hydrogen-bond acceptors (Lipinski definition) is 4. The predicted octanol–water partition coefficient (Wildman–Crippen LogP) is 3.89. The summed E-state index contributed by atoms with van der Waals surface area (Å²) in [5.74, 6) is -1.29. The Labute approximate surface area is 161 Å². The lowest BCUT2D eigenvalue weighted by molar-refractivity contribution is 0.101. The second-order valence-corrected chi connectivity index (χ2v) is 8.41. The molecule has 0 aliphatic heterocycles. The zero-order chi connectivity index (χ0) is 18.7. The Bertz CT molecular complexity index is 1060. The molecule has 26 heavy (non-hydrogen) atoms. The van der Waals surface area contributed by atoms with Crippen LogP contribution < -0.4 is 0 Å². The van der Waals surface area contributed by atoms with Crippen molar-refractivity contribution in [1.29, 1.82) is 0 Å². The number of carbonyl (C=O) groups excluding carboxylic acids is 1. The molecule has 5 nitrogen and oxygen atoms in total. The zero-order valence-corrected chi connectivity index (χ0v) is 15.8. The molecule has 0 atom stereocenters. The molecular formula is C18H14Cl2N2O3S. The third-order valence-corrected chi connectivity index (χ3v) is 6.20. The maximum Gasteiger partial charge on any atom is 0.198 e. The minimum atomic E-state index is -3.85. The Balaban J connectivity index is 1.76. The molecule has 0 spiro atoms. The van der Waals surface area contributed by atoms with E-state index in [4.69, 9.17) is 23.2 Å². The van der Waals surface area contributed by atoms with E-state index in [1.54, 1.807) is 22.8 Å². The van der Waals surface area contributed by atoms with Crippen molar-refractivity contribution in [1.82, 2.24) is 9.55 Å². The maximum absolute atomic E-state index is 12.4. The van der Waals surface area contributed by atoms with Gasteiger partial charge in [-0.15, -0.1) is 0 Å². The van der Waals surface area contributed by atoms with Crippen molar-refractivity contribution in [2.45, 2.75) is 11.4 Å². The van der Waals surface area contributed by atoms with Crippen molar-refractivity contribution in [3.8, 4) is 0 Å². The van der Waals surface area contributed by atoms with Gasteiger partial charge in [0.05, 0.1) is 16.2 Å². The summed E-state index contributed by atoms with van der Waals surface area (Å²) >= 11 is 12.0.